The van der Waals surface area contributed by atoms with E-state index in [1.54, 1.807) is 18.3 Å². The Bertz CT molecular complexity index is 1240. The number of nitrogens with one attached hydrogen (secondary N) is 1. The Labute approximate surface area is 205 Å². The second-order valence-electron chi connectivity index (χ2n) is 8.20. The molecule has 1 aliphatic rings. The largest absolute Gasteiger partial charge is 0.417 e. The summed E-state index contributed by atoms with van der Waals surface area (Å²) in [5, 5.41) is 2.54. The Hall–Kier alpha value is -4.21. The van der Waals surface area contributed by atoms with Gasteiger partial charge < -0.3 is 15.1 Å². The van der Waals surface area contributed by atoms with Crippen LogP contribution >= 0.6 is 0 Å². The van der Waals surface area contributed by atoms with Crippen molar-refractivity contribution in [2.75, 3.05) is 32.7 Å². The summed E-state index contributed by atoms with van der Waals surface area (Å²) < 4.78 is 39.8. The van der Waals surface area contributed by atoms with Crippen molar-refractivity contribution >= 4 is 17.7 Å². The van der Waals surface area contributed by atoms with Gasteiger partial charge in [-0.05, 0) is 23.8 Å². The van der Waals surface area contributed by atoms with Gasteiger partial charge >= 0.3 is 6.18 Å². The highest BCUT2D eigenvalue weighted by Crippen LogP contribution is 2.32. The molecule has 0 unspecified atom stereocenters. The Morgan fingerprint density at radius 2 is 1.44 bits per heavy atom. The molecule has 1 fully saturated rings. The third kappa shape index (κ3) is 5.70. The number of halogens is 3. The number of alkyl halides is 3. The van der Waals surface area contributed by atoms with E-state index in [4.69, 9.17) is 0 Å². The molecule has 36 heavy (non-hydrogen) atoms. The number of hydrogen-bond acceptors (Lipinski definition) is 4. The van der Waals surface area contributed by atoms with Gasteiger partial charge in [0.05, 0.1) is 17.7 Å². The van der Waals surface area contributed by atoms with Gasteiger partial charge in [-0.25, -0.2) is 0 Å². The average Bonchev–Trinajstić information content (AvgIpc) is 2.91. The summed E-state index contributed by atoms with van der Waals surface area (Å²) in [7, 11) is 0. The van der Waals surface area contributed by atoms with Gasteiger partial charge in [0.1, 0.15) is 5.69 Å². The highest BCUT2D eigenvalue weighted by atomic mass is 19.4. The van der Waals surface area contributed by atoms with Crippen LogP contribution in [0.1, 0.15) is 26.4 Å². The molecular weight excluding hydrogens is 473 g/mol. The number of carbonyl (C=O) groups excluding carboxylic acids is 3. The zero-order valence-corrected chi connectivity index (χ0v) is 19.2. The summed E-state index contributed by atoms with van der Waals surface area (Å²) >= 11 is 0. The molecule has 7 nitrogen and oxygen atoms in total. The van der Waals surface area contributed by atoms with E-state index >= 15 is 0 Å². The van der Waals surface area contributed by atoms with Crippen molar-refractivity contribution in [3.05, 3.63) is 89.7 Å². The van der Waals surface area contributed by atoms with Crippen LogP contribution < -0.4 is 5.32 Å². The zero-order chi connectivity index (χ0) is 25.7. The van der Waals surface area contributed by atoms with Crippen LogP contribution in [0.4, 0.5) is 13.2 Å². The molecule has 0 radical (unpaired) electrons. The van der Waals surface area contributed by atoms with Gasteiger partial charge in [0.25, 0.3) is 11.8 Å². The van der Waals surface area contributed by atoms with Crippen molar-refractivity contribution in [2.24, 2.45) is 0 Å². The normalized spacial score (nSPS) is 13.9. The van der Waals surface area contributed by atoms with Gasteiger partial charge in [0, 0.05) is 37.9 Å². The fourth-order valence-corrected chi connectivity index (χ4v) is 3.93. The van der Waals surface area contributed by atoms with Crippen LogP contribution in [0.15, 0.2) is 72.9 Å². The Balaban J connectivity index is 1.28. The minimum atomic E-state index is -4.64. The number of benzene rings is 2. The van der Waals surface area contributed by atoms with Crippen molar-refractivity contribution in [1.29, 1.82) is 0 Å². The molecule has 0 bridgehead atoms. The number of aromatic nitrogens is 1. The van der Waals surface area contributed by atoms with Crippen LogP contribution in [0.5, 0.6) is 0 Å². The van der Waals surface area contributed by atoms with E-state index in [9.17, 15) is 27.6 Å². The van der Waals surface area contributed by atoms with E-state index < -0.39 is 29.1 Å². The maximum absolute atomic E-state index is 13.3. The monoisotopic (exact) mass is 496 g/mol. The first-order chi connectivity index (χ1) is 17.2. The first-order valence-corrected chi connectivity index (χ1v) is 11.3. The molecule has 10 heteroatoms. The molecule has 186 valence electrons. The lowest BCUT2D eigenvalue weighted by Gasteiger charge is -2.35. The third-order valence-electron chi connectivity index (χ3n) is 5.89. The molecule has 0 saturated carbocycles. The topological polar surface area (TPSA) is 82.6 Å². The SMILES string of the molecule is O=C(NCC(=O)N1CCN(C(=O)c2ccccc2C(F)(F)F)CC1)c1ccc(-c2ccccc2)cn1. The number of hydrogen-bond donors (Lipinski definition) is 1. The van der Waals surface area contributed by atoms with E-state index in [0.29, 0.717) is 0 Å². The molecule has 0 aliphatic carbocycles. The lowest BCUT2D eigenvalue weighted by molar-refractivity contribution is -0.138. The molecule has 0 atom stereocenters. The van der Waals surface area contributed by atoms with Gasteiger partial charge in [0.15, 0.2) is 0 Å². The molecule has 2 aromatic carbocycles. The van der Waals surface area contributed by atoms with Crippen LogP contribution in [0.3, 0.4) is 0 Å². The van der Waals surface area contributed by atoms with Crippen molar-refractivity contribution in [3.8, 4) is 11.1 Å². The van der Waals surface area contributed by atoms with Crippen LogP contribution in [0.25, 0.3) is 11.1 Å². The number of amides is 3. The number of piperazine rings is 1. The quantitative estimate of drug-likeness (QED) is 0.587. The fraction of sp³-hybridized carbons (Fsp3) is 0.231. The second kappa shape index (κ2) is 10.6. The lowest BCUT2D eigenvalue weighted by atomic mass is 10.1. The summed E-state index contributed by atoms with van der Waals surface area (Å²) in [6.45, 7) is 0.226. The molecule has 3 amide bonds. The number of nitrogens with zero attached hydrogens (tertiary/aromatic N) is 3. The van der Waals surface area contributed by atoms with E-state index in [1.165, 1.54) is 21.9 Å². The highest BCUT2D eigenvalue weighted by molar-refractivity contribution is 5.96. The predicted octanol–water partition coefficient (Wildman–Crippen LogP) is 3.48. The molecule has 2 heterocycles. The fourth-order valence-electron chi connectivity index (χ4n) is 3.93. The van der Waals surface area contributed by atoms with E-state index in [-0.39, 0.29) is 44.3 Å². The number of rotatable bonds is 5. The smallest absolute Gasteiger partial charge is 0.342 e. The lowest BCUT2D eigenvalue weighted by Crippen LogP contribution is -2.52. The maximum atomic E-state index is 13.3. The number of carbonyl (C=O) groups is 3. The molecule has 3 aromatic rings. The summed E-state index contributed by atoms with van der Waals surface area (Å²) in [6, 6.07) is 17.6. The minimum absolute atomic E-state index is 0.0905. The van der Waals surface area contributed by atoms with Crippen LogP contribution in [0, 0.1) is 0 Å². The Morgan fingerprint density at radius 1 is 0.806 bits per heavy atom. The standard InChI is InChI=1S/C26H23F3N4O3/c27-26(28,29)21-9-5-4-8-20(21)25(36)33-14-12-32(13-15-33)23(34)17-31-24(35)22-11-10-19(16-30-22)18-6-2-1-3-7-18/h1-11,16H,12-15,17H2,(H,31,35). The highest BCUT2D eigenvalue weighted by Gasteiger charge is 2.36. The van der Waals surface area contributed by atoms with E-state index in [1.807, 2.05) is 30.3 Å². The van der Waals surface area contributed by atoms with Gasteiger partial charge in [-0.3, -0.25) is 19.4 Å². The first kappa shape index (κ1) is 24.9. The van der Waals surface area contributed by atoms with E-state index in [2.05, 4.69) is 10.3 Å². The zero-order valence-electron chi connectivity index (χ0n) is 19.2. The van der Waals surface area contributed by atoms with Crippen LogP contribution in [0.2, 0.25) is 0 Å². The molecule has 1 aromatic heterocycles. The van der Waals surface area contributed by atoms with Crippen molar-refractivity contribution in [2.45, 2.75) is 6.18 Å². The summed E-state index contributed by atoms with van der Waals surface area (Å²) in [5.74, 6) is -1.58. The molecular formula is C26H23F3N4O3. The van der Waals surface area contributed by atoms with E-state index in [0.717, 1.165) is 23.3 Å². The first-order valence-electron chi connectivity index (χ1n) is 11.3. The molecule has 0 spiro atoms. The molecule has 4 rings (SSSR count). The minimum Gasteiger partial charge on any atom is -0.342 e. The summed E-state index contributed by atoms with van der Waals surface area (Å²) in [6.07, 6.45) is -3.06. The Kier molecular flexibility index (Phi) is 7.33. The summed E-state index contributed by atoms with van der Waals surface area (Å²) in [5.41, 5.74) is 0.589. The van der Waals surface area contributed by atoms with Gasteiger partial charge in [-0.2, -0.15) is 13.2 Å². The van der Waals surface area contributed by atoms with Gasteiger partial charge in [0.2, 0.25) is 5.91 Å². The Morgan fingerprint density at radius 3 is 2.08 bits per heavy atom. The van der Waals surface area contributed by atoms with Gasteiger partial charge in [-0.15, -0.1) is 0 Å². The third-order valence-corrected chi connectivity index (χ3v) is 5.89. The maximum Gasteiger partial charge on any atom is 0.417 e. The average molecular weight is 496 g/mol. The van der Waals surface area contributed by atoms with Gasteiger partial charge in [-0.1, -0.05) is 48.5 Å². The number of pyridine rings is 1. The molecule has 1 saturated heterocycles. The summed E-state index contributed by atoms with van der Waals surface area (Å²) in [4.78, 5) is 44.6. The van der Waals surface area contributed by atoms with Crippen LogP contribution in [-0.4, -0.2) is 65.2 Å². The van der Waals surface area contributed by atoms with Crippen molar-refractivity contribution < 1.29 is 27.6 Å². The van der Waals surface area contributed by atoms with Crippen LogP contribution in [-0.2, 0) is 11.0 Å². The predicted molar refractivity (Wildman–Crippen MR) is 126 cm³/mol. The van der Waals surface area contributed by atoms with Crippen molar-refractivity contribution in [3.63, 3.8) is 0 Å². The second-order valence-corrected chi connectivity index (χ2v) is 8.20. The molecule has 1 aliphatic heterocycles. The molecule has 1 N–H and O–H groups in total. The van der Waals surface area contributed by atoms with Crippen molar-refractivity contribution in [1.82, 2.24) is 20.1 Å².